The molecule has 1 rings (SSSR count). The number of likely N-dealkylation sites (N-methyl/N-ethyl adjacent to an activating group) is 1. The Hall–Kier alpha value is -2.29. The predicted molar refractivity (Wildman–Crippen MR) is 68.4 cm³/mol. The summed E-state index contributed by atoms with van der Waals surface area (Å²) in [6.07, 6.45) is 0.0165. The Labute approximate surface area is 121 Å². The molecule has 0 saturated carbocycles. The highest BCUT2D eigenvalue weighted by Gasteiger charge is 2.32. The van der Waals surface area contributed by atoms with Crippen LogP contribution >= 0.6 is 0 Å². The molecule has 0 spiro atoms. The Kier molecular flexibility index (Phi) is 5.97. The number of carbonyl (C=O) groups is 5. The number of Topliss-reactive ketones (excluding diaryl/α,β-unsaturated/α-hetero) is 1. The zero-order valence-corrected chi connectivity index (χ0v) is 11.9. The summed E-state index contributed by atoms with van der Waals surface area (Å²) in [4.78, 5) is 62.2. The van der Waals surface area contributed by atoms with E-state index >= 15 is 0 Å². The van der Waals surface area contributed by atoms with Gasteiger partial charge in [0.05, 0.1) is 13.1 Å². The zero-order valence-electron chi connectivity index (χ0n) is 11.9. The normalized spacial score (nSPS) is 14.5. The Morgan fingerprint density at radius 2 is 1.76 bits per heavy atom. The molecule has 0 aliphatic carbocycles. The average Bonchev–Trinajstić information content (AvgIpc) is 2.67. The third-order valence-electron chi connectivity index (χ3n) is 2.53. The van der Waals surface area contributed by atoms with Crippen molar-refractivity contribution in [3.05, 3.63) is 0 Å². The maximum atomic E-state index is 11.5. The van der Waals surface area contributed by atoms with Crippen LogP contribution in [-0.4, -0.2) is 66.1 Å². The van der Waals surface area contributed by atoms with E-state index in [1.165, 1.54) is 11.8 Å². The van der Waals surface area contributed by atoms with Crippen LogP contribution in [0.3, 0.4) is 0 Å². The van der Waals surface area contributed by atoms with Gasteiger partial charge in [-0.05, 0) is 14.0 Å². The Morgan fingerprint density at radius 3 is 2.29 bits per heavy atom. The van der Waals surface area contributed by atoms with Gasteiger partial charge in [-0.15, -0.1) is 5.06 Å². The van der Waals surface area contributed by atoms with Gasteiger partial charge in [-0.3, -0.25) is 24.1 Å². The van der Waals surface area contributed by atoms with E-state index in [4.69, 9.17) is 0 Å². The lowest BCUT2D eigenvalue weighted by Crippen LogP contribution is -2.41. The first kappa shape index (κ1) is 16.8. The molecule has 116 valence electrons. The van der Waals surface area contributed by atoms with Crippen LogP contribution in [0.5, 0.6) is 0 Å². The quantitative estimate of drug-likeness (QED) is 0.553. The topological polar surface area (TPSA) is 113 Å². The van der Waals surface area contributed by atoms with Crippen LogP contribution in [0.1, 0.15) is 19.8 Å². The number of imide groups is 1. The number of rotatable bonds is 7. The Balaban J connectivity index is 2.29. The van der Waals surface area contributed by atoms with Crippen LogP contribution in [0, 0.1) is 0 Å². The number of nitrogens with zero attached hydrogens (tertiary/aromatic N) is 2. The summed E-state index contributed by atoms with van der Waals surface area (Å²) in [6, 6.07) is 0. The lowest BCUT2D eigenvalue weighted by molar-refractivity contribution is -0.196. The van der Waals surface area contributed by atoms with Crippen molar-refractivity contribution in [2.75, 3.05) is 26.7 Å². The molecular formula is C12H17N3O6. The van der Waals surface area contributed by atoms with Gasteiger partial charge in [-0.1, -0.05) is 0 Å². The van der Waals surface area contributed by atoms with Gasteiger partial charge in [-0.25, -0.2) is 4.79 Å². The molecular weight excluding hydrogens is 282 g/mol. The summed E-state index contributed by atoms with van der Waals surface area (Å²) in [5, 5.41) is 2.69. The predicted octanol–water partition coefficient (Wildman–Crippen LogP) is -1.77. The molecule has 0 unspecified atom stereocenters. The summed E-state index contributed by atoms with van der Waals surface area (Å²) in [7, 11) is 1.58. The fourth-order valence-corrected chi connectivity index (χ4v) is 1.70. The Morgan fingerprint density at radius 1 is 1.19 bits per heavy atom. The first-order valence-corrected chi connectivity index (χ1v) is 6.31. The minimum absolute atomic E-state index is 0.00825. The molecule has 0 radical (unpaired) electrons. The molecule has 0 bridgehead atoms. The molecule has 1 fully saturated rings. The van der Waals surface area contributed by atoms with E-state index in [0.717, 1.165) is 0 Å². The minimum atomic E-state index is -0.916. The summed E-state index contributed by atoms with van der Waals surface area (Å²) in [5.74, 6) is -2.64. The zero-order chi connectivity index (χ0) is 16.0. The summed E-state index contributed by atoms with van der Waals surface area (Å²) in [5.41, 5.74) is 0. The molecule has 1 N–H and O–H groups in total. The second kappa shape index (κ2) is 7.48. The maximum absolute atomic E-state index is 11.5. The molecule has 0 atom stereocenters. The van der Waals surface area contributed by atoms with E-state index in [1.54, 1.807) is 7.05 Å². The second-order valence-electron chi connectivity index (χ2n) is 4.70. The van der Waals surface area contributed by atoms with Crippen LogP contribution in [0.4, 0.5) is 0 Å². The SMILES string of the molecule is CC(=O)CN(C)CC(=O)NCC(=O)ON1C(=O)CCC1=O. The number of ketones is 1. The molecule has 21 heavy (non-hydrogen) atoms. The van der Waals surface area contributed by atoms with Gasteiger partial charge in [0, 0.05) is 12.8 Å². The van der Waals surface area contributed by atoms with E-state index in [2.05, 4.69) is 10.2 Å². The summed E-state index contributed by atoms with van der Waals surface area (Å²) in [6.45, 7) is 0.989. The highest BCUT2D eigenvalue weighted by atomic mass is 16.7. The molecule has 1 heterocycles. The fourth-order valence-electron chi connectivity index (χ4n) is 1.70. The smallest absolute Gasteiger partial charge is 0.344 e. The molecule has 3 amide bonds. The number of nitrogens with one attached hydrogen (secondary N) is 1. The fraction of sp³-hybridized carbons (Fsp3) is 0.583. The lowest BCUT2D eigenvalue weighted by atomic mass is 10.4. The van der Waals surface area contributed by atoms with Crippen molar-refractivity contribution in [3.63, 3.8) is 0 Å². The third-order valence-corrected chi connectivity index (χ3v) is 2.53. The summed E-state index contributed by atoms with van der Waals surface area (Å²) < 4.78 is 0. The van der Waals surface area contributed by atoms with Gasteiger partial charge in [-0.2, -0.15) is 0 Å². The van der Waals surface area contributed by atoms with Crippen molar-refractivity contribution in [1.29, 1.82) is 0 Å². The molecule has 1 aliphatic rings. The molecule has 0 aromatic heterocycles. The van der Waals surface area contributed by atoms with E-state index < -0.39 is 30.2 Å². The second-order valence-corrected chi connectivity index (χ2v) is 4.70. The molecule has 1 saturated heterocycles. The van der Waals surface area contributed by atoms with Crippen LogP contribution < -0.4 is 5.32 Å². The average molecular weight is 299 g/mol. The number of carbonyl (C=O) groups excluding carboxylic acids is 5. The first-order valence-electron chi connectivity index (χ1n) is 6.31. The molecule has 9 heteroatoms. The standard InChI is InChI=1S/C12H17N3O6/c1-8(16)6-14(2)7-9(17)13-5-12(20)21-15-10(18)3-4-11(15)19/h3-7H2,1-2H3,(H,13,17). The highest BCUT2D eigenvalue weighted by Crippen LogP contribution is 2.11. The molecule has 1 aliphatic heterocycles. The Bertz CT molecular complexity index is 460. The number of amides is 3. The van der Waals surface area contributed by atoms with E-state index in [0.29, 0.717) is 5.06 Å². The number of hydroxylamine groups is 2. The largest absolute Gasteiger partial charge is 0.352 e. The van der Waals surface area contributed by atoms with E-state index in [9.17, 15) is 24.0 Å². The van der Waals surface area contributed by atoms with Crippen molar-refractivity contribution in [3.8, 4) is 0 Å². The van der Waals surface area contributed by atoms with E-state index in [1.807, 2.05) is 0 Å². The minimum Gasteiger partial charge on any atom is -0.344 e. The maximum Gasteiger partial charge on any atom is 0.352 e. The molecule has 0 aromatic rings. The van der Waals surface area contributed by atoms with Crippen LogP contribution in [-0.2, 0) is 28.8 Å². The van der Waals surface area contributed by atoms with Crippen LogP contribution in [0.25, 0.3) is 0 Å². The van der Waals surface area contributed by atoms with E-state index in [-0.39, 0.29) is 31.7 Å². The lowest BCUT2D eigenvalue weighted by Gasteiger charge is -2.15. The van der Waals surface area contributed by atoms with Crippen LogP contribution in [0.2, 0.25) is 0 Å². The van der Waals surface area contributed by atoms with Crippen molar-refractivity contribution in [2.45, 2.75) is 19.8 Å². The monoisotopic (exact) mass is 299 g/mol. The van der Waals surface area contributed by atoms with Crippen molar-refractivity contribution < 1.29 is 28.8 Å². The first-order chi connectivity index (χ1) is 9.79. The van der Waals surface area contributed by atoms with Crippen molar-refractivity contribution in [1.82, 2.24) is 15.3 Å². The number of hydrogen-bond acceptors (Lipinski definition) is 7. The highest BCUT2D eigenvalue weighted by molar-refractivity contribution is 6.01. The van der Waals surface area contributed by atoms with Gasteiger partial charge >= 0.3 is 5.97 Å². The van der Waals surface area contributed by atoms with Gasteiger partial charge < -0.3 is 10.2 Å². The van der Waals surface area contributed by atoms with Gasteiger partial charge in [0.15, 0.2) is 0 Å². The summed E-state index contributed by atoms with van der Waals surface area (Å²) >= 11 is 0. The van der Waals surface area contributed by atoms with Gasteiger partial charge in [0.2, 0.25) is 5.91 Å². The van der Waals surface area contributed by atoms with Gasteiger partial charge in [0.25, 0.3) is 11.8 Å². The van der Waals surface area contributed by atoms with Gasteiger partial charge in [0.1, 0.15) is 12.3 Å². The number of hydrogen-bond donors (Lipinski definition) is 1. The van der Waals surface area contributed by atoms with Crippen molar-refractivity contribution >= 4 is 29.5 Å². The molecule has 9 nitrogen and oxygen atoms in total. The van der Waals surface area contributed by atoms with Crippen LogP contribution in [0.15, 0.2) is 0 Å². The third kappa shape index (κ3) is 5.69. The molecule has 0 aromatic carbocycles. The van der Waals surface area contributed by atoms with Crippen molar-refractivity contribution in [2.24, 2.45) is 0 Å².